The van der Waals surface area contributed by atoms with Gasteiger partial charge in [0.05, 0.1) is 12.1 Å². The largest absolute Gasteiger partial charge is 0.336 e. The molecule has 0 saturated carbocycles. The van der Waals surface area contributed by atoms with Gasteiger partial charge < -0.3 is 10.2 Å². The van der Waals surface area contributed by atoms with E-state index in [-0.39, 0.29) is 5.54 Å². The minimum absolute atomic E-state index is 0.224. The summed E-state index contributed by atoms with van der Waals surface area (Å²) in [6, 6.07) is 18.4. The SMILES string of the molecule is CC(C)CC1(C)C(=NCc2ccccc2)NC(=S)N1CCc1cccc(Cl)c1. The Bertz CT molecular complexity index is 850. The fraction of sp³-hybridized carbons (Fsp3) is 0.391. The van der Waals surface area contributed by atoms with Gasteiger partial charge in [0.1, 0.15) is 5.84 Å². The molecule has 2 aromatic rings. The van der Waals surface area contributed by atoms with Gasteiger partial charge in [0.2, 0.25) is 0 Å². The number of hydrogen-bond donors (Lipinski definition) is 1. The van der Waals surface area contributed by atoms with Crippen LogP contribution in [-0.2, 0) is 13.0 Å². The maximum Gasteiger partial charge on any atom is 0.175 e. The van der Waals surface area contributed by atoms with Crippen LogP contribution in [0.4, 0.5) is 0 Å². The number of rotatable bonds is 7. The Kier molecular flexibility index (Phi) is 6.73. The summed E-state index contributed by atoms with van der Waals surface area (Å²) < 4.78 is 0. The second kappa shape index (κ2) is 9.06. The minimum Gasteiger partial charge on any atom is -0.336 e. The lowest BCUT2D eigenvalue weighted by Crippen LogP contribution is -2.48. The van der Waals surface area contributed by atoms with Crippen LogP contribution >= 0.6 is 23.8 Å². The molecule has 3 rings (SSSR count). The fourth-order valence-electron chi connectivity index (χ4n) is 3.90. The van der Waals surface area contributed by atoms with Crippen LogP contribution < -0.4 is 5.32 Å². The topological polar surface area (TPSA) is 27.6 Å². The molecule has 1 unspecified atom stereocenters. The summed E-state index contributed by atoms with van der Waals surface area (Å²) >= 11 is 11.8. The molecule has 1 atom stereocenters. The molecule has 1 saturated heterocycles. The first-order valence-corrected chi connectivity index (χ1v) is 10.6. The van der Waals surface area contributed by atoms with Gasteiger partial charge in [-0.3, -0.25) is 4.99 Å². The van der Waals surface area contributed by atoms with Crippen LogP contribution in [0.25, 0.3) is 0 Å². The smallest absolute Gasteiger partial charge is 0.175 e. The first kappa shape index (κ1) is 20.8. The van der Waals surface area contributed by atoms with Crippen LogP contribution in [0.1, 0.15) is 38.3 Å². The Morgan fingerprint density at radius 3 is 2.50 bits per heavy atom. The van der Waals surface area contributed by atoms with E-state index in [1.807, 2.05) is 36.4 Å². The maximum atomic E-state index is 6.15. The van der Waals surface area contributed by atoms with Crippen molar-refractivity contribution < 1.29 is 0 Å². The summed E-state index contributed by atoms with van der Waals surface area (Å²) in [5, 5.41) is 4.93. The fourth-order valence-corrected chi connectivity index (χ4v) is 4.50. The van der Waals surface area contributed by atoms with Gasteiger partial charge in [0.15, 0.2) is 5.11 Å². The van der Waals surface area contributed by atoms with Crippen molar-refractivity contribution >= 4 is 34.8 Å². The van der Waals surface area contributed by atoms with Crippen molar-refractivity contribution in [2.75, 3.05) is 6.54 Å². The first-order chi connectivity index (χ1) is 13.4. The molecule has 1 aliphatic heterocycles. The third kappa shape index (κ3) is 4.92. The van der Waals surface area contributed by atoms with Crippen molar-refractivity contribution in [3.05, 3.63) is 70.7 Å². The van der Waals surface area contributed by atoms with Crippen molar-refractivity contribution in [3.63, 3.8) is 0 Å². The average molecular weight is 414 g/mol. The Morgan fingerprint density at radius 2 is 1.82 bits per heavy atom. The molecule has 5 heteroatoms. The minimum atomic E-state index is -0.224. The number of aliphatic imine (C=N–C) groups is 1. The van der Waals surface area contributed by atoms with Crippen molar-refractivity contribution in [2.45, 2.75) is 45.7 Å². The van der Waals surface area contributed by atoms with Crippen LogP contribution in [0.3, 0.4) is 0 Å². The van der Waals surface area contributed by atoms with Gasteiger partial charge in [0.25, 0.3) is 0 Å². The van der Waals surface area contributed by atoms with Gasteiger partial charge in [0, 0.05) is 11.6 Å². The number of amidine groups is 1. The number of hydrogen-bond acceptors (Lipinski definition) is 2. The van der Waals surface area contributed by atoms with E-state index in [4.69, 9.17) is 28.8 Å². The maximum absolute atomic E-state index is 6.15. The molecular formula is C23H28ClN3S. The van der Waals surface area contributed by atoms with Crippen LogP contribution in [0.2, 0.25) is 5.02 Å². The van der Waals surface area contributed by atoms with E-state index in [1.54, 1.807) is 0 Å². The number of benzene rings is 2. The zero-order valence-corrected chi connectivity index (χ0v) is 18.4. The molecule has 0 spiro atoms. The van der Waals surface area contributed by atoms with E-state index in [2.05, 4.69) is 49.2 Å². The molecule has 0 aromatic heterocycles. The van der Waals surface area contributed by atoms with Gasteiger partial charge in [-0.1, -0.05) is 67.9 Å². The van der Waals surface area contributed by atoms with E-state index in [0.29, 0.717) is 12.5 Å². The van der Waals surface area contributed by atoms with Gasteiger partial charge in [-0.2, -0.15) is 0 Å². The second-order valence-electron chi connectivity index (χ2n) is 7.98. The normalized spacial score (nSPS) is 20.8. The quantitative estimate of drug-likeness (QED) is 0.609. The van der Waals surface area contributed by atoms with Crippen LogP contribution in [-0.4, -0.2) is 27.9 Å². The Labute approximate surface area is 178 Å². The molecule has 0 radical (unpaired) electrons. The Balaban J connectivity index is 1.81. The number of halogens is 1. The van der Waals surface area contributed by atoms with Gasteiger partial charge in [-0.25, -0.2) is 0 Å². The Hall–Kier alpha value is -1.91. The predicted octanol–water partition coefficient (Wildman–Crippen LogP) is 5.48. The zero-order chi connectivity index (χ0) is 20.1. The summed E-state index contributed by atoms with van der Waals surface area (Å²) in [7, 11) is 0. The molecule has 0 aliphatic carbocycles. The van der Waals surface area contributed by atoms with Crippen molar-refractivity contribution in [3.8, 4) is 0 Å². The van der Waals surface area contributed by atoms with Crippen molar-refractivity contribution in [1.82, 2.24) is 10.2 Å². The van der Waals surface area contributed by atoms with Gasteiger partial charge in [-0.15, -0.1) is 0 Å². The van der Waals surface area contributed by atoms with Crippen molar-refractivity contribution in [2.24, 2.45) is 10.9 Å². The highest BCUT2D eigenvalue weighted by atomic mass is 35.5. The van der Waals surface area contributed by atoms with E-state index in [1.165, 1.54) is 11.1 Å². The summed E-state index contributed by atoms with van der Waals surface area (Å²) in [5.74, 6) is 1.50. The molecule has 1 fully saturated rings. The molecule has 0 amide bonds. The van der Waals surface area contributed by atoms with E-state index in [9.17, 15) is 0 Å². The van der Waals surface area contributed by atoms with E-state index < -0.39 is 0 Å². The third-order valence-corrected chi connectivity index (χ3v) is 5.72. The molecule has 0 bridgehead atoms. The zero-order valence-electron chi connectivity index (χ0n) is 16.8. The number of thiocarbonyl (C=S) groups is 1. The first-order valence-electron chi connectivity index (χ1n) is 9.80. The van der Waals surface area contributed by atoms with Gasteiger partial charge >= 0.3 is 0 Å². The molecule has 148 valence electrons. The molecule has 2 aromatic carbocycles. The molecule has 3 nitrogen and oxygen atoms in total. The van der Waals surface area contributed by atoms with Crippen LogP contribution in [0.15, 0.2) is 59.6 Å². The van der Waals surface area contributed by atoms with Crippen LogP contribution in [0.5, 0.6) is 0 Å². The molecule has 1 aliphatic rings. The predicted molar refractivity (Wildman–Crippen MR) is 123 cm³/mol. The summed E-state index contributed by atoms with van der Waals surface area (Å²) in [6.45, 7) is 8.23. The average Bonchev–Trinajstić information content (AvgIpc) is 2.88. The summed E-state index contributed by atoms with van der Waals surface area (Å²) in [4.78, 5) is 7.22. The lowest BCUT2D eigenvalue weighted by molar-refractivity contribution is 0.248. The summed E-state index contributed by atoms with van der Waals surface area (Å²) in [6.07, 6.45) is 1.88. The van der Waals surface area contributed by atoms with Crippen molar-refractivity contribution in [1.29, 1.82) is 0 Å². The molecule has 1 heterocycles. The monoisotopic (exact) mass is 413 g/mol. The van der Waals surface area contributed by atoms with Gasteiger partial charge in [-0.05, 0) is 61.2 Å². The Morgan fingerprint density at radius 1 is 1.11 bits per heavy atom. The standard InChI is InChI=1S/C23H28ClN3S/c1-17(2)15-23(3)21(25-16-19-8-5-4-6-9-19)26-22(28)27(23)13-12-18-10-7-11-20(24)14-18/h4-11,14,17H,12-13,15-16H2,1-3H3,(H,25,26,28). The molecule has 28 heavy (non-hydrogen) atoms. The highest BCUT2D eigenvalue weighted by Crippen LogP contribution is 2.30. The number of nitrogens with one attached hydrogen (secondary N) is 1. The highest BCUT2D eigenvalue weighted by molar-refractivity contribution is 7.80. The molecular weight excluding hydrogens is 386 g/mol. The molecule has 1 N–H and O–H groups in total. The second-order valence-corrected chi connectivity index (χ2v) is 8.81. The highest BCUT2D eigenvalue weighted by Gasteiger charge is 2.45. The lowest BCUT2D eigenvalue weighted by atomic mass is 9.88. The summed E-state index contributed by atoms with van der Waals surface area (Å²) in [5.41, 5.74) is 2.20. The third-order valence-electron chi connectivity index (χ3n) is 5.16. The van der Waals surface area contributed by atoms with Crippen LogP contribution in [0, 0.1) is 5.92 Å². The number of nitrogens with zero attached hydrogens (tertiary/aromatic N) is 2. The van der Waals surface area contributed by atoms with E-state index >= 15 is 0 Å². The van der Waals surface area contributed by atoms with E-state index in [0.717, 1.165) is 35.4 Å². The lowest BCUT2D eigenvalue weighted by Gasteiger charge is -2.36.